The van der Waals surface area contributed by atoms with Crippen molar-refractivity contribution < 1.29 is 22.7 Å². The monoisotopic (exact) mass is 406 g/mol. The predicted molar refractivity (Wildman–Crippen MR) is 103 cm³/mol. The van der Waals surface area contributed by atoms with Gasteiger partial charge in [-0.05, 0) is 61.6 Å². The molecule has 1 amide bonds. The summed E-state index contributed by atoms with van der Waals surface area (Å²) in [6.07, 6.45) is 2.90. The Morgan fingerprint density at radius 2 is 1.79 bits per heavy atom. The standard InChI is InChI=1S/C20H23FN2O4S/c21-18-10-7-16(14-19(18)28(26,27)23-12-1-2-13-23)20(25)22-11-3-4-15-5-8-17(24)9-6-15/h5-10,14,24H,1-4,11-13H2,(H,22,25). The fourth-order valence-corrected chi connectivity index (χ4v) is 4.78. The summed E-state index contributed by atoms with van der Waals surface area (Å²) < 4.78 is 40.6. The second-order valence-electron chi connectivity index (χ2n) is 6.78. The number of aryl methyl sites for hydroxylation is 1. The van der Waals surface area contributed by atoms with E-state index in [9.17, 15) is 22.7 Å². The first-order chi connectivity index (χ1) is 13.4. The highest BCUT2D eigenvalue weighted by Gasteiger charge is 2.30. The normalized spacial score (nSPS) is 14.9. The van der Waals surface area contributed by atoms with Crippen molar-refractivity contribution in [2.24, 2.45) is 0 Å². The van der Waals surface area contributed by atoms with Crippen molar-refractivity contribution in [2.45, 2.75) is 30.6 Å². The number of phenolic OH excluding ortho intramolecular Hbond substituents is 1. The fourth-order valence-electron chi connectivity index (χ4n) is 3.17. The van der Waals surface area contributed by atoms with Gasteiger partial charge in [0.25, 0.3) is 5.91 Å². The molecule has 8 heteroatoms. The summed E-state index contributed by atoms with van der Waals surface area (Å²) in [6.45, 7) is 1.14. The number of rotatable bonds is 7. The number of nitrogens with one attached hydrogen (secondary N) is 1. The minimum atomic E-state index is -3.93. The molecule has 0 radical (unpaired) electrons. The van der Waals surface area contributed by atoms with Crippen molar-refractivity contribution in [3.63, 3.8) is 0 Å². The molecule has 6 nitrogen and oxygen atoms in total. The van der Waals surface area contributed by atoms with Crippen LogP contribution >= 0.6 is 0 Å². The molecule has 0 bridgehead atoms. The van der Waals surface area contributed by atoms with Gasteiger partial charge in [0.05, 0.1) is 0 Å². The zero-order valence-electron chi connectivity index (χ0n) is 15.4. The van der Waals surface area contributed by atoms with Crippen LogP contribution in [0.1, 0.15) is 35.2 Å². The van der Waals surface area contributed by atoms with Crippen LogP contribution < -0.4 is 5.32 Å². The molecule has 0 atom stereocenters. The first-order valence-corrected chi connectivity index (χ1v) is 10.7. The molecule has 3 rings (SSSR count). The van der Waals surface area contributed by atoms with Crippen LogP contribution in [0.3, 0.4) is 0 Å². The summed E-state index contributed by atoms with van der Waals surface area (Å²) in [5.74, 6) is -1.09. The van der Waals surface area contributed by atoms with Gasteiger partial charge >= 0.3 is 0 Å². The van der Waals surface area contributed by atoms with E-state index in [1.165, 1.54) is 10.4 Å². The molecule has 1 saturated heterocycles. The van der Waals surface area contributed by atoms with Gasteiger partial charge in [0.2, 0.25) is 10.0 Å². The lowest BCUT2D eigenvalue weighted by molar-refractivity contribution is 0.0953. The first kappa shape index (κ1) is 20.3. The number of benzene rings is 2. The summed E-state index contributed by atoms with van der Waals surface area (Å²) in [7, 11) is -3.93. The summed E-state index contributed by atoms with van der Waals surface area (Å²) >= 11 is 0. The molecule has 28 heavy (non-hydrogen) atoms. The molecule has 0 spiro atoms. The second-order valence-corrected chi connectivity index (χ2v) is 8.69. The van der Waals surface area contributed by atoms with Crippen LogP contribution in [0, 0.1) is 5.82 Å². The quantitative estimate of drug-likeness (QED) is 0.692. The molecule has 0 aromatic heterocycles. The lowest BCUT2D eigenvalue weighted by Gasteiger charge is -2.16. The molecule has 2 aromatic rings. The third kappa shape index (κ3) is 4.69. The van der Waals surface area contributed by atoms with Crippen LogP contribution in [-0.2, 0) is 16.4 Å². The van der Waals surface area contributed by atoms with Crippen molar-refractivity contribution in [3.8, 4) is 5.75 Å². The van der Waals surface area contributed by atoms with Crippen LogP contribution in [-0.4, -0.2) is 43.4 Å². The van der Waals surface area contributed by atoms with E-state index in [-0.39, 0.29) is 11.3 Å². The van der Waals surface area contributed by atoms with Gasteiger partial charge in [-0.3, -0.25) is 4.79 Å². The van der Waals surface area contributed by atoms with Crippen LogP contribution in [0.4, 0.5) is 4.39 Å². The maximum atomic E-state index is 14.1. The van der Waals surface area contributed by atoms with E-state index in [0.717, 1.165) is 37.0 Å². The van der Waals surface area contributed by atoms with E-state index in [2.05, 4.69) is 5.32 Å². The maximum absolute atomic E-state index is 14.1. The molecule has 1 fully saturated rings. The highest BCUT2D eigenvalue weighted by Crippen LogP contribution is 2.24. The van der Waals surface area contributed by atoms with E-state index >= 15 is 0 Å². The topological polar surface area (TPSA) is 86.7 Å². The minimum Gasteiger partial charge on any atom is -0.508 e. The van der Waals surface area contributed by atoms with E-state index < -0.39 is 26.6 Å². The van der Waals surface area contributed by atoms with Gasteiger partial charge in [0.15, 0.2) is 0 Å². The van der Waals surface area contributed by atoms with E-state index in [1.807, 2.05) is 12.1 Å². The van der Waals surface area contributed by atoms with Gasteiger partial charge in [0.1, 0.15) is 16.5 Å². The molecule has 1 heterocycles. The van der Waals surface area contributed by atoms with Crippen LogP contribution in [0.15, 0.2) is 47.4 Å². The number of nitrogens with zero attached hydrogens (tertiary/aromatic N) is 1. The molecule has 2 N–H and O–H groups in total. The van der Waals surface area contributed by atoms with Gasteiger partial charge in [0, 0.05) is 25.2 Å². The maximum Gasteiger partial charge on any atom is 0.251 e. The van der Waals surface area contributed by atoms with E-state index in [1.54, 1.807) is 12.1 Å². The fraction of sp³-hybridized carbons (Fsp3) is 0.350. The van der Waals surface area contributed by atoms with Crippen molar-refractivity contribution in [1.29, 1.82) is 0 Å². The molecule has 2 aromatic carbocycles. The average Bonchev–Trinajstić information content (AvgIpc) is 3.22. The zero-order chi connectivity index (χ0) is 20.1. The number of sulfonamides is 1. The summed E-state index contributed by atoms with van der Waals surface area (Å²) in [6, 6.07) is 10.3. The van der Waals surface area contributed by atoms with Crippen molar-refractivity contribution in [2.75, 3.05) is 19.6 Å². The Labute approximate surface area is 164 Å². The number of phenols is 1. The second kappa shape index (κ2) is 8.70. The molecule has 0 unspecified atom stereocenters. The van der Waals surface area contributed by atoms with E-state index in [0.29, 0.717) is 26.1 Å². The van der Waals surface area contributed by atoms with Gasteiger partial charge in [-0.2, -0.15) is 4.31 Å². The Hall–Kier alpha value is -2.45. The van der Waals surface area contributed by atoms with Gasteiger partial charge in [-0.15, -0.1) is 0 Å². The number of hydrogen-bond acceptors (Lipinski definition) is 4. The number of aromatic hydroxyl groups is 1. The lowest BCUT2D eigenvalue weighted by Crippen LogP contribution is -2.29. The SMILES string of the molecule is O=C(NCCCc1ccc(O)cc1)c1ccc(F)c(S(=O)(=O)N2CCCC2)c1. The van der Waals surface area contributed by atoms with Crippen molar-refractivity contribution in [1.82, 2.24) is 9.62 Å². The number of carbonyl (C=O) groups excluding carboxylic acids is 1. The highest BCUT2D eigenvalue weighted by molar-refractivity contribution is 7.89. The van der Waals surface area contributed by atoms with Crippen molar-refractivity contribution in [3.05, 3.63) is 59.4 Å². The minimum absolute atomic E-state index is 0.115. The lowest BCUT2D eigenvalue weighted by atomic mass is 10.1. The molecule has 0 saturated carbocycles. The average molecular weight is 406 g/mol. The van der Waals surface area contributed by atoms with E-state index in [4.69, 9.17) is 0 Å². The zero-order valence-corrected chi connectivity index (χ0v) is 16.2. The van der Waals surface area contributed by atoms with Crippen LogP contribution in [0.25, 0.3) is 0 Å². The predicted octanol–water partition coefficient (Wildman–Crippen LogP) is 2.68. The molecular formula is C20H23FN2O4S. The first-order valence-electron chi connectivity index (χ1n) is 9.24. The van der Waals surface area contributed by atoms with Gasteiger partial charge in [-0.1, -0.05) is 12.1 Å². The van der Waals surface area contributed by atoms with Crippen molar-refractivity contribution >= 4 is 15.9 Å². The molecule has 0 aliphatic carbocycles. The summed E-state index contributed by atoms with van der Waals surface area (Å²) in [4.78, 5) is 11.9. The molecule has 1 aliphatic rings. The highest BCUT2D eigenvalue weighted by atomic mass is 32.2. The molecule has 1 aliphatic heterocycles. The third-order valence-corrected chi connectivity index (χ3v) is 6.65. The molecule has 150 valence electrons. The Morgan fingerprint density at radius 3 is 2.46 bits per heavy atom. The smallest absolute Gasteiger partial charge is 0.251 e. The third-order valence-electron chi connectivity index (χ3n) is 4.74. The number of halogens is 1. The summed E-state index contributed by atoms with van der Waals surface area (Å²) in [5, 5.41) is 12.0. The number of amides is 1. The Kier molecular flexibility index (Phi) is 6.31. The summed E-state index contributed by atoms with van der Waals surface area (Å²) in [5.41, 5.74) is 1.15. The van der Waals surface area contributed by atoms with Gasteiger partial charge in [-0.25, -0.2) is 12.8 Å². The Bertz CT molecular complexity index is 939. The largest absolute Gasteiger partial charge is 0.508 e. The van der Waals surface area contributed by atoms with Gasteiger partial charge < -0.3 is 10.4 Å². The Balaban J connectivity index is 1.61. The Morgan fingerprint density at radius 1 is 1.11 bits per heavy atom. The number of carbonyl (C=O) groups is 1. The van der Waals surface area contributed by atoms with Crippen LogP contribution in [0.2, 0.25) is 0 Å². The molecular weight excluding hydrogens is 383 g/mol. The van der Waals surface area contributed by atoms with Crippen LogP contribution in [0.5, 0.6) is 5.75 Å². The number of hydrogen-bond donors (Lipinski definition) is 2.